The van der Waals surface area contributed by atoms with E-state index >= 15 is 0 Å². The Kier molecular flexibility index (Phi) is 6.50. The number of nitrogens with two attached hydrogens (primary N) is 1. The highest BCUT2D eigenvalue weighted by atomic mass is 32.2. The number of H-pyrrole nitrogens is 1. The number of morpholine rings is 1. The maximum absolute atomic E-state index is 12.7. The summed E-state index contributed by atoms with van der Waals surface area (Å²) in [6, 6.07) is 9.91. The van der Waals surface area contributed by atoms with Crippen LogP contribution in [-0.4, -0.2) is 61.5 Å². The summed E-state index contributed by atoms with van der Waals surface area (Å²) in [5, 5.41) is -0.183. The van der Waals surface area contributed by atoms with Crippen molar-refractivity contribution in [1.82, 2.24) is 15.0 Å². The molecular formula is C23H31N5O3S. The molecule has 1 aliphatic carbocycles. The Bertz CT molecular complexity index is 1200. The first kappa shape index (κ1) is 22.7. The number of nitrogens with one attached hydrogen (secondary N) is 1. The highest BCUT2D eigenvalue weighted by molar-refractivity contribution is 7.91. The molecule has 0 spiro atoms. The van der Waals surface area contributed by atoms with Crippen molar-refractivity contribution in [2.45, 2.75) is 43.7 Å². The third kappa shape index (κ3) is 4.79. The van der Waals surface area contributed by atoms with Crippen molar-refractivity contribution < 1.29 is 13.2 Å². The fourth-order valence-corrected chi connectivity index (χ4v) is 5.79. The number of aromatic amines is 1. The molecule has 1 saturated heterocycles. The van der Waals surface area contributed by atoms with Crippen LogP contribution in [0.4, 0.5) is 5.82 Å². The summed E-state index contributed by atoms with van der Waals surface area (Å²) in [4.78, 5) is 15.1. The molecular weight excluding hydrogens is 426 g/mol. The molecule has 2 aliphatic rings. The Morgan fingerprint density at radius 3 is 2.66 bits per heavy atom. The van der Waals surface area contributed by atoms with Crippen molar-refractivity contribution in [2.24, 2.45) is 5.73 Å². The van der Waals surface area contributed by atoms with Crippen LogP contribution in [-0.2, 0) is 20.3 Å². The van der Waals surface area contributed by atoms with Crippen LogP contribution in [0.15, 0.2) is 30.3 Å². The van der Waals surface area contributed by atoms with E-state index < -0.39 is 9.84 Å². The molecule has 4 heterocycles. The Morgan fingerprint density at radius 2 is 1.94 bits per heavy atom. The minimum atomic E-state index is -3.13. The molecule has 2 fully saturated rings. The lowest BCUT2D eigenvalue weighted by Crippen LogP contribution is -2.44. The van der Waals surface area contributed by atoms with Gasteiger partial charge in [0.1, 0.15) is 5.82 Å². The fraction of sp³-hybridized carbons (Fsp3) is 0.478. The van der Waals surface area contributed by atoms with E-state index in [2.05, 4.69) is 22.5 Å². The predicted molar refractivity (Wildman–Crippen MR) is 127 cm³/mol. The number of aryl methyl sites for hydroxylation is 1. The van der Waals surface area contributed by atoms with E-state index in [9.17, 15) is 8.42 Å². The number of sulfone groups is 1. The monoisotopic (exact) mass is 457 g/mol. The van der Waals surface area contributed by atoms with Crippen LogP contribution in [0, 0.1) is 6.92 Å². The summed E-state index contributed by atoms with van der Waals surface area (Å²) >= 11 is 0. The van der Waals surface area contributed by atoms with Gasteiger partial charge in [0.2, 0.25) is 0 Å². The molecule has 0 radical (unpaired) electrons. The van der Waals surface area contributed by atoms with Crippen LogP contribution in [0.1, 0.15) is 31.0 Å². The molecule has 0 aromatic carbocycles. The maximum atomic E-state index is 12.7. The van der Waals surface area contributed by atoms with Gasteiger partial charge >= 0.3 is 0 Å². The standard InChI is InChI=1S/C22H26N4O3S.CH5N/c1-14-9-20-18(23-14)5-6-19(24-20)21-10-16(13-30(27,28)17-3-4-17)11-22(25-21)26-7-8-29-12-15(26)2;1-2/h5-6,9-11,15,17,23H,3-4,7-8,12-13H2,1-2H3;2H2,1H3. The Morgan fingerprint density at radius 1 is 1.16 bits per heavy atom. The molecule has 1 unspecified atom stereocenters. The van der Waals surface area contributed by atoms with Crippen LogP contribution < -0.4 is 10.6 Å². The van der Waals surface area contributed by atoms with Crippen molar-refractivity contribution in [3.8, 4) is 11.4 Å². The molecule has 0 amide bonds. The predicted octanol–water partition coefficient (Wildman–Crippen LogP) is 2.81. The van der Waals surface area contributed by atoms with Gasteiger partial charge in [0.25, 0.3) is 0 Å². The second-order valence-corrected chi connectivity index (χ2v) is 10.7. The van der Waals surface area contributed by atoms with E-state index in [0.717, 1.165) is 53.2 Å². The largest absolute Gasteiger partial charge is 0.377 e. The van der Waals surface area contributed by atoms with Gasteiger partial charge in [0, 0.05) is 12.2 Å². The van der Waals surface area contributed by atoms with Gasteiger partial charge in [-0.25, -0.2) is 18.4 Å². The molecule has 3 N–H and O–H groups in total. The van der Waals surface area contributed by atoms with Crippen LogP contribution in [0.25, 0.3) is 22.4 Å². The molecule has 1 atom stereocenters. The normalized spacial score (nSPS) is 19.0. The summed E-state index contributed by atoms with van der Waals surface area (Å²) in [6.45, 7) is 6.10. The number of rotatable bonds is 5. The second kappa shape index (κ2) is 9.17. The summed E-state index contributed by atoms with van der Waals surface area (Å²) in [6.07, 6.45) is 1.55. The highest BCUT2D eigenvalue weighted by Crippen LogP contribution is 2.33. The minimum Gasteiger partial charge on any atom is -0.377 e. The van der Waals surface area contributed by atoms with E-state index in [1.54, 1.807) is 0 Å². The zero-order valence-corrected chi connectivity index (χ0v) is 19.7. The molecule has 3 aromatic heterocycles. The first-order valence-corrected chi connectivity index (χ1v) is 12.7. The van der Waals surface area contributed by atoms with Crippen molar-refractivity contribution in [3.63, 3.8) is 0 Å². The number of aromatic nitrogens is 3. The summed E-state index contributed by atoms with van der Waals surface area (Å²) in [7, 11) is -1.63. The smallest absolute Gasteiger partial charge is 0.157 e. The van der Waals surface area contributed by atoms with Gasteiger partial charge in [-0.2, -0.15) is 0 Å². The van der Waals surface area contributed by atoms with Gasteiger partial charge in [-0.15, -0.1) is 0 Å². The van der Waals surface area contributed by atoms with E-state index in [4.69, 9.17) is 14.7 Å². The number of ether oxygens (including phenoxy) is 1. The first-order chi connectivity index (χ1) is 15.4. The van der Waals surface area contributed by atoms with E-state index in [1.165, 1.54) is 7.05 Å². The van der Waals surface area contributed by atoms with Gasteiger partial charge in [-0.1, -0.05) is 0 Å². The van der Waals surface area contributed by atoms with Crippen LogP contribution in [0.5, 0.6) is 0 Å². The van der Waals surface area contributed by atoms with Gasteiger partial charge in [-0.05, 0) is 69.6 Å². The number of fused-ring (bicyclic) bond motifs is 1. The molecule has 172 valence electrons. The van der Waals surface area contributed by atoms with E-state index in [1.807, 2.05) is 37.3 Å². The Labute approximate surface area is 189 Å². The summed E-state index contributed by atoms with van der Waals surface area (Å²) in [5.74, 6) is 0.834. The second-order valence-electron chi connectivity index (χ2n) is 8.42. The zero-order chi connectivity index (χ0) is 22.9. The summed E-state index contributed by atoms with van der Waals surface area (Å²) < 4.78 is 30.9. The number of anilines is 1. The minimum absolute atomic E-state index is 0.0460. The quantitative estimate of drug-likeness (QED) is 0.605. The average molecular weight is 458 g/mol. The molecule has 1 aliphatic heterocycles. The van der Waals surface area contributed by atoms with Crippen molar-refractivity contribution in [1.29, 1.82) is 0 Å². The molecule has 5 rings (SSSR count). The third-order valence-corrected chi connectivity index (χ3v) is 8.03. The number of pyridine rings is 2. The number of hydrogen-bond donors (Lipinski definition) is 2. The Balaban J connectivity index is 0.00000119. The SMILES string of the molecule is CN.Cc1cc2nc(-c3cc(CS(=O)(=O)C4CC4)cc(N4CCOCC4C)n3)ccc2[nH]1. The van der Waals surface area contributed by atoms with Gasteiger partial charge in [-0.3, -0.25) is 0 Å². The lowest BCUT2D eigenvalue weighted by Gasteiger charge is -2.34. The highest BCUT2D eigenvalue weighted by Gasteiger charge is 2.35. The molecule has 9 heteroatoms. The van der Waals surface area contributed by atoms with E-state index in [0.29, 0.717) is 18.9 Å². The maximum Gasteiger partial charge on any atom is 0.157 e. The van der Waals surface area contributed by atoms with Crippen molar-refractivity contribution in [2.75, 3.05) is 31.7 Å². The average Bonchev–Trinajstić information content (AvgIpc) is 3.57. The van der Waals surface area contributed by atoms with Crippen LogP contribution in [0.2, 0.25) is 0 Å². The van der Waals surface area contributed by atoms with Gasteiger partial charge < -0.3 is 20.4 Å². The molecule has 8 nitrogen and oxygen atoms in total. The molecule has 0 bridgehead atoms. The van der Waals surface area contributed by atoms with Gasteiger partial charge in [0.15, 0.2) is 9.84 Å². The topological polar surface area (TPSA) is 114 Å². The zero-order valence-electron chi connectivity index (χ0n) is 18.8. The summed E-state index contributed by atoms with van der Waals surface area (Å²) in [5.41, 5.74) is 9.62. The first-order valence-electron chi connectivity index (χ1n) is 11.0. The van der Waals surface area contributed by atoms with Crippen LogP contribution >= 0.6 is 0 Å². The van der Waals surface area contributed by atoms with Crippen LogP contribution in [0.3, 0.4) is 0 Å². The van der Waals surface area contributed by atoms with Crippen molar-refractivity contribution in [3.05, 3.63) is 41.6 Å². The number of hydrogen-bond acceptors (Lipinski definition) is 7. The molecule has 32 heavy (non-hydrogen) atoms. The molecule has 3 aromatic rings. The van der Waals surface area contributed by atoms with E-state index in [-0.39, 0.29) is 17.0 Å². The lowest BCUT2D eigenvalue weighted by molar-refractivity contribution is 0.0985. The third-order valence-electron chi connectivity index (χ3n) is 5.81. The van der Waals surface area contributed by atoms with Crippen molar-refractivity contribution >= 4 is 26.7 Å². The molecule has 1 saturated carbocycles. The number of nitrogens with zero attached hydrogens (tertiary/aromatic N) is 3. The Hall–Kier alpha value is -2.49. The lowest BCUT2D eigenvalue weighted by atomic mass is 10.1. The van der Waals surface area contributed by atoms with Gasteiger partial charge in [0.05, 0.1) is 52.7 Å². The fourth-order valence-electron chi connectivity index (χ4n) is 4.06.